The molecule has 0 N–H and O–H groups in total. The first kappa shape index (κ1) is 11.3. The highest BCUT2D eigenvalue weighted by Gasteiger charge is 2.20. The molecule has 2 nitrogen and oxygen atoms in total. The van der Waals surface area contributed by atoms with Crippen LogP contribution in [0.4, 0.5) is 0 Å². The van der Waals surface area contributed by atoms with Crippen LogP contribution in [-0.2, 0) is 9.53 Å². The van der Waals surface area contributed by atoms with Crippen LogP contribution in [0.15, 0.2) is 11.6 Å². The highest BCUT2D eigenvalue weighted by atomic mass is 16.5. The average molecular weight is 196 g/mol. The van der Waals surface area contributed by atoms with Gasteiger partial charge in [-0.05, 0) is 37.5 Å². The van der Waals surface area contributed by atoms with Crippen molar-refractivity contribution in [3.05, 3.63) is 11.6 Å². The van der Waals surface area contributed by atoms with Gasteiger partial charge in [0.1, 0.15) is 0 Å². The van der Waals surface area contributed by atoms with Crippen molar-refractivity contribution in [2.24, 2.45) is 11.8 Å². The van der Waals surface area contributed by atoms with E-state index in [1.165, 1.54) is 25.5 Å². The summed E-state index contributed by atoms with van der Waals surface area (Å²) in [6.07, 6.45) is 6.33. The maximum atomic E-state index is 11.1. The summed E-state index contributed by atoms with van der Waals surface area (Å²) in [6, 6.07) is 0. The van der Waals surface area contributed by atoms with Gasteiger partial charge in [0.2, 0.25) is 0 Å². The van der Waals surface area contributed by atoms with E-state index in [1.807, 2.05) is 0 Å². The van der Waals surface area contributed by atoms with Crippen molar-refractivity contribution >= 4 is 5.97 Å². The van der Waals surface area contributed by atoms with Crippen molar-refractivity contribution in [1.29, 1.82) is 0 Å². The molecule has 0 aromatic rings. The minimum absolute atomic E-state index is 0.204. The van der Waals surface area contributed by atoms with Crippen LogP contribution < -0.4 is 0 Å². The third-order valence-electron chi connectivity index (χ3n) is 3.06. The normalized spacial score (nSPS) is 25.4. The van der Waals surface area contributed by atoms with Crippen LogP contribution in [0, 0.1) is 11.8 Å². The summed E-state index contributed by atoms with van der Waals surface area (Å²) in [5.41, 5.74) is 1.27. The van der Waals surface area contributed by atoms with Crippen LogP contribution >= 0.6 is 0 Å². The van der Waals surface area contributed by atoms with Gasteiger partial charge >= 0.3 is 5.97 Å². The highest BCUT2D eigenvalue weighted by Crippen LogP contribution is 2.32. The first-order valence-corrected chi connectivity index (χ1v) is 5.41. The van der Waals surface area contributed by atoms with Crippen LogP contribution in [-0.4, -0.2) is 13.1 Å². The summed E-state index contributed by atoms with van der Waals surface area (Å²) in [7, 11) is 1.43. The van der Waals surface area contributed by atoms with Crippen molar-refractivity contribution in [3.63, 3.8) is 0 Å². The number of methoxy groups -OCH3 is 1. The molecule has 0 aromatic carbocycles. The van der Waals surface area contributed by atoms with Crippen LogP contribution in [0.2, 0.25) is 0 Å². The molecular formula is C12H20O2. The smallest absolute Gasteiger partial charge is 0.330 e. The van der Waals surface area contributed by atoms with Crippen molar-refractivity contribution < 1.29 is 9.53 Å². The number of allylic oxidation sites excluding steroid dienone is 1. The minimum Gasteiger partial charge on any atom is -0.466 e. The van der Waals surface area contributed by atoms with Crippen molar-refractivity contribution in [3.8, 4) is 0 Å². The third-order valence-corrected chi connectivity index (χ3v) is 3.06. The number of carbonyl (C=O) groups is 1. The number of ether oxygens (including phenoxy) is 1. The molecule has 0 radical (unpaired) electrons. The molecule has 1 unspecified atom stereocenters. The molecule has 80 valence electrons. The zero-order valence-corrected chi connectivity index (χ0v) is 9.38. The predicted molar refractivity (Wildman–Crippen MR) is 56.9 cm³/mol. The van der Waals surface area contributed by atoms with Crippen molar-refractivity contribution in [2.75, 3.05) is 7.11 Å². The molecule has 1 aliphatic rings. The summed E-state index contributed by atoms with van der Waals surface area (Å²) in [5, 5.41) is 0. The molecular weight excluding hydrogens is 176 g/mol. The predicted octanol–water partition coefficient (Wildman–Crippen LogP) is 2.93. The fraction of sp³-hybridized carbons (Fsp3) is 0.750. The van der Waals surface area contributed by atoms with Gasteiger partial charge in [-0.3, -0.25) is 0 Å². The molecule has 1 aliphatic carbocycles. The first-order valence-electron chi connectivity index (χ1n) is 5.41. The van der Waals surface area contributed by atoms with E-state index in [-0.39, 0.29) is 5.97 Å². The van der Waals surface area contributed by atoms with Gasteiger partial charge in [-0.2, -0.15) is 0 Å². The third kappa shape index (κ3) is 3.17. The lowest BCUT2D eigenvalue weighted by molar-refractivity contribution is -0.134. The summed E-state index contributed by atoms with van der Waals surface area (Å²) in [6.45, 7) is 4.51. The van der Waals surface area contributed by atoms with E-state index >= 15 is 0 Å². The van der Waals surface area contributed by atoms with Crippen LogP contribution in [0.1, 0.15) is 39.5 Å². The Hall–Kier alpha value is -0.790. The molecule has 0 saturated heterocycles. The lowest BCUT2D eigenvalue weighted by Gasteiger charge is -2.27. The Morgan fingerprint density at radius 2 is 2.29 bits per heavy atom. The standard InChI is InChI=1S/C12H20O2/c1-9(2)11-6-4-5-10(7-11)8-12(13)14-3/h8-9,11H,4-7H2,1-3H3/b10-8-. The second kappa shape index (κ2) is 5.18. The van der Waals surface area contributed by atoms with E-state index < -0.39 is 0 Å². The molecule has 0 amide bonds. The van der Waals surface area contributed by atoms with Gasteiger partial charge in [0.05, 0.1) is 7.11 Å². The SMILES string of the molecule is COC(=O)/C=C1/CCCC(C(C)C)C1. The maximum absolute atomic E-state index is 11.1. The van der Waals surface area contributed by atoms with Gasteiger partial charge in [-0.15, -0.1) is 0 Å². The summed E-state index contributed by atoms with van der Waals surface area (Å²) in [4.78, 5) is 11.1. The van der Waals surface area contributed by atoms with E-state index in [9.17, 15) is 4.79 Å². The molecule has 1 fully saturated rings. The summed E-state index contributed by atoms with van der Waals surface area (Å²) < 4.78 is 4.63. The van der Waals surface area contributed by atoms with Crippen molar-refractivity contribution in [1.82, 2.24) is 0 Å². The molecule has 0 heterocycles. The molecule has 1 saturated carbocycles. The van der Waals surface area contributed by atoms with Gasteiger partial charge in [0.25, 0.3) is 0 Å². The molecule has 0 spiro atoms. The molecule has 0 aliphatic heterocycles. The van der Waals surface area contributed by atoms with E-state index in [0.717, 1.165) is 24.7 Å². The van der Waals surface area contributed by atoms with Gasteiger partial charge < -0.3 is 4.74 Å². The fourth-order valence-corrected chi connectivity index (χ4v) is 2.06. The second-order valence-electron chi connectivity index (χ2n) is 4.43. The Labute approximate surface area is 86.3 Å². The van der Waals surface area contributed by atoms with Crippen LogP contribution in [0.5, 0.6) is 0 Å². The van der Waals surface area contributed by atoms with Gasteiger partial charge in [0, 0.05) is 6.08 Å². The number of carbonyl (C=O) groups excluding carboxylic acids is 1. The first-order chi connectivity index (χ1) is 6.63. The van der Waals surface area contributed by atoms with Gasteiger partial charge in [-0.1, -0.05) is 19.4 Å². The lowest BCUT2D eigenvalue weighted by Crippen LogP contribution is -2.15. The Morgan fingerprint density at radius 1 is 1.57 bits per heavy atom. The topological polar surface area (TPSA) is 26.3 Å². The Balaban J connectivity index is 2.55. The number of esters is 1. The van der Waals surface area contributed by atoms with Crippen molar-refractivity contribution in [2.45, 2.75) is 39.5 Å². The summed E-state index contributed by atoms with van der Waals surface area (Å²) in [5.74, 6) is 1.26. The second-order valence-corrected chi connectivity index (χ2v) is 4.43. The Kier molecular flexibility index (Phi) is 4.18. The van der Waals surface area contributed by atoms with E-state index in [2.05, 4.69) is 18.6 Å². The fourth-order valence-electron chi connectivity index (χ4n) is 2.06. The molecule has 1 atom stereocenters. The molecule has 0 aromatic heterocycles. The van der Waals surface area contributed by atoms with Gasteiger partial charge in [-0.25, -0.2) is 4.79 Å². The van der Waals surface area contributed by atoms with Gasteiger partial charge in [0.15, 0.2) is 0 Å². The largest absolute Gasteiger partial charge is 0.466 e. The summed E-state index contributed by atoms with van der Waals surface area (Å²) >= 11 is 0. The quantitative estimate of drug-likeness (QED) is 0.501. The lowest BCUT2D eigenvalue weighted by atomic mass is 9.79. The number of hydrogen-bond donors (Lipinski definition) is 0. The van der Waals surface area contributed by atoms with Crippen LogP contribution in [0.25, 0.3) is 0 Å². The zero-order chi connectivity index (χ0) is 10.6. The van der Waals surface area contributed by atoms with E-state index in [4.69, 9.17) is 0 Å². The van der Waals surface area contributed by atoms with E-state index in [1.54, 1.807) is 6.08 Å². The molecule has 1 rings (SSSR count). The van der Waals surface area contributed by atoms with Crippen LogP contribution in [0.3, 0.4) is 0 Å². The monoisotopic (exact) mass is 196 g/mol. The minimum atomic E-state index is -0.204. The van der Waals surface area contributed by atoms with E-state index in [0.29, 0.717) is 0 Å². The number of rotatable bonds is 2. The molecule has 0 bridgehead atoms. The molecule has 14 heavy (non-hydrogen) atoms. The maximum Gasteiger partial charge on any atom is 0.330 e. The zero-order valence-electron chi connectivity index (χ0n) is 9.38. The number of hydrogen-bond acceptors (Lipinski definition) is 2. The Morgan fingerprint density at radius 3 is 2.86 bits per heavy atom. The highest BCUT2D eigenvalue weighted by molar-refractivity contribution is 5.82. The molecule has 2 heteroatoms. The Bertz CT molecular complexity index is 228. The average Bonchev–Trinajstić information content (AvgIpc) is 2.18.